The molecule has 0 aromatic carbocycles. The Balaban J connectivity index is 2.61. The molecule has 19 heavy (non-hydrogen) atoms. The predicted octanol–water partition coefficient (Wildman–Crippen LogP) is 3.58. The molecule has 1 aromatic heterocycles. The first-order valence-corrected chi connectivity index (χ1v) is 8.04. The summed E-state index contributed by atoms with van der Waals surface area (Å²) in [4.78, 5) is 4.49. The number of aromatic nitrogens is 2. The van der Waals surface area contributed by atoms with Crippen molar-refractivity contribution in [2.24, 2.45) is 11.1 Å². The van der Waals surface area contributed by atoms with Gasteiger partial charge in [-0.1, -0.05) is 39.8 Å². The Labute approximate surface area is 120 Å². The van der Waals surface area contributed by atoms with Crippen LogP contribution in [0.3, 0.4) is 0 Å². The molecule has 0 fully saturated rings. The van der Waals surface area contributed by atoms with Crippen LogP contribution in [-0.2, 0) is 5.75 Å². The second kappa shape index (κ2) is 7.29. The molecule has 0 saturated carbocycles. The zero-order chi connectivity index (χ0) is 14.5. The van der Waals surface area contributed by atoms with E-state index in [4.69, 9.17) is 10.3 Å². The minimum atomic E-state index is 0.162. The Bertz CT molecular complexity index is 373. The first-order chi connectivity index (χ1) is 8.85. The summed E-state index contributed by atoms with van der Waals surface area (Å²) in [5.41, 5.74) is 6.04. The third kappa shape index (κ3) is 5.95. The summed E-state index contributed by atoms with van der Waals surface area (Å²) in [6.07, 6.45) is 2.12. The van der Waals surface area contributed by atoms with Crippen LogP contribution in [-0.4, -0.2) is 21.9 Å². The zero-order valence-electron chi connectivity index (χ0n) is 12.8. The molecule has 0 radical (unpaired) electrons. The summed E-state index contributed by atoms with van der Waals surface area (Å²) in [7, 11) is 0. The molecule has 4 nitrogen and oxygen atoms in total. The van der Waals surface area contributed by atoms with Crippen LogP contribution in [0.25, 0.3) is 0 Å². The lowest BCUT2D eigenvalue weighted by Crippen LogP contribution is -2.19. The van der Waals surface area contributed by atoms with Gasteiger partial charge in [0, 0.05) is 11.8 Å². The van der Waals surface area contributed by atoms with Gasteiger partial charge in [-0.05, 0) is 18.3 Å². The van der Waals surface area contributed by atoms with E-state index < -0.39 is 0 Å². The number of rotatable bonds is 7. The van der Waals surface area contributed by atoms with Crippen LogP contribution in [0.5, 0.6) is 0 Å². The van der Waals surface area contributed by atoms with E-state index in [1.807, 2.05) is 11.8 Å². The molecule has 2 atom stereocenters. The molecule has 0 saturated heterocycles. The van der Waals surface area contributed by atoms with Gasteiger partial charge >= 0.3 is 0 Å². The highest BCUT2D eigenvalue weighted by Gasteiger charge is 2.24. The van der Waals surface area contributed by atoms with E-state index in [-0.39, 0.29) is 11.3 Å². The number of hydrogen-bond donors (Lipinski definition) is 1. The van der Waals surface area contributed by atoms with Crippen molar-refractivity contribution in [3.8, 4) is 0 Å². The third-order valence-electron chi connectivity index (χ3n) is 3.05. The van der Waals surface area contributed by atoms with E-state index in [0.29, 0.717) is 17.7 Å². The van der Waals surface area contributed by atoms with E-state index in [2.05, 4.69) is 44.8 Å². The molecular formula is C14H27N3OS. The minimum absolute atomic E-state index is 0.162. The maximum absolute atomic E-state index is 5.83. The molecular weight excluding hydrogens is 258 g/mol. The molecule has 0 aliphatic heterocycles. The first kappa shape index (κ1) is 16.5. The molecule has 1 rings (SSSR count). The van der Waals surface area contributed by atoms with E-state index in [1.165, 1.54) is 0 Å². The van der Waals surface area contributed by atoms with E-state index >= 15 is 0 Å². The predicted molar refractivity (Wildman–Crippen MR) is 81.2 cm³/mol. The van der Waals surface area contributed by atoms with Crippen LogP contribution in [0.15, 0.2) is 4.52 Å². The van der Waals surface area contributed by atoms with Gasteiger partial charge in [0.1, 0.15) is 0 Å². The molecule has 0 aliphatic carbocycles. The summed E-state index contributed by atoms with van der Waals surface area (Å²) in [5.74, 6) is 2.45. The third-order valence-corrected chi connectivity index (χ3v) is 4.38. The smallest absolute Gasteiger partial charge is 0.231 e. The van der Waals surface area contributed by atoms with Crippen molar-refractivity contribution >= 4 is 11.8 Å². The molecule has 1 aromatic rings. The van der Waals surface area contributed by atoms with Crippen molar-refractivity contribution in [1.29, 1.82) is 0 Å². The molecule has 2 unspecified atom stereocenters. The van der Waals surface area contributed by atoms with E-state index in [1.54, 1.807) is 0 Å². The molecule has 0 amide bonds. The first-order valence-electron chi connectivity index (χ1n) is 7.00. The van der Waals surface area contributed by atoms with Crippen molar-refractivity contribution in [2.45, 2.75) is 64.4 Å². The molecule has 0 aliphatic rings. The zero-order valence-corrected chi connectivity index (χ0v) is 13.6. The molecule has 0 spiro atoms. The van der Waals surface area contributed by atoms with E-state index in [9.17, 15) is 0 Å². The van der Waals surface area contributed by atoms with Gasteiger partial charge in [-0.25, -0.2) is 0 Å². The van der Waals surface area contributed by atoms with Crippen molar-refractivity contribution in [2.75, 3.05) is 6.54 Å². The number of nitrogens with two attached hydrogens (primary N) is 1. The second-order valence-corrected chi connectivity index (χ2v) is 7.70. The maximum atomic E-state index is 5.83. The highest BCUT2D eigenvalue weighted by molar-refractivity contribution is 7.99. The van der Waals surface area contributed by atoms with Gasteiger partial charge in [0.15, 0.2) is 5.82 Å². The number of thioether (sulfide) groups is 1. The van der Waals surface area contributed by atoms with E-state index in [0.717, 1.165) is 24.4 Å². The standard InChI is InChI=1S/C14H27N3OS/c1-6-10(2)19-9-12-16-13(18-17-12)11(8-15)7-14(3,4)5/h10-11H,6-9,15H2,1-5H3. The maximum Gasteiger partial charge on any atom is 0.231 e. The minimum Gasteiger partial charge on any atom is -0.339 e. The van der Waals surface area contributed by atoms with Gasteiger partial charge in [0.05, 0.1) is 11.7 Å². The molecule has 1 heterocycles. The largest absolute Gasteiger partial charge is 0.339 e. The van der Waals surface area contributed by atoms with Crippen LogP contribution in [0, 0.1) is 5.41 Å². The van der Waals surface area contributed by atoms with Crippen molar-refractivity contribution < 1.29 is 4.52 Å². The van der Waals surface area contributed by atoms with Gasteiger partial charge < -0.3 is 10.3 Å². The molecule has 2 N–H and O–H groups in total. The van der Waals surface area contributed by atoms with Crippen LogP contribution in [0.2, 0.25) is 0 Å². The van der Waals surface area contributed by atoms with Crippen LogP contribution in [0.1, 0.15) is 65.1 Å². The highest BCUT2D eigenvalue weighted by Crippen LogP contribution is 2.30. The van der Waals surface area contributed by atoms with Gasteiger partial charge in [-0.15, -0.1) is 0 Å². The fraction of sp³-hybridized carbons (Fsp3) is 0.857. The fourth-order valence-corrected chi connectivity index (χ4v) is 2.62. The highest BCUT2D eigenvalue weighted by atomic mass is 32.2. The lowest BCUT2D eigenvalue weighted by molar-refractivity contribution is 0.286. The number of hydrogen-bond acceptors (Lipinski definition) is 5. The van der Waals surface area contributed by atoms with Crippen molar-refractivity contribution in [1.82, 2.24) is 10.1 Å². The average Bonchev–Trinajstić information content (AvgIpc) is 2.80. The monoisotopic (exact) mass is 285 g/mol. The summed E-state index contributed by atoms with van der Waals surface area (Å²) in [6.45, 7) is 11.6. The quantitative estimate of drug-likeness (QED) is 0.829. The molecule has 0 bridgehead atoms. The second-order valence-electron chi connectivity index (χ2n) is 6.28. The topological polar surface area (TPSA) is 64.9 Å². The Kier molecular flexibility index (Phi) is 6.33. The Morgan fingerprint density at radius 3 is 2.58 bits per heavy atom. The van der Waals surface area contributed by atoms with Crippen LogP contribution >= 0.6 is 11.8 Å². The number of nitrogens with zero attached hydrogens (tertiary/aromatic N) is 2. The average molecular weight is 285 g/mol. The SMILES string of the molecule is CCC(C)SCc1noc(C(CN)CC(C)(C)C)n1. The van der Waals surface area contributed by atoms with Crippen LogP contribution < -0.4 is 5.73 Å². The molecule has 110 valence electrons. The Hall–Kier alpha value is -0.550. The Morgan fingerprint density at radius 2 is 2.05 bits per heavy atom. The van der Waals surface area contributed by atoms with Gasteiger partial charge in [-0.3, -0.25) is 0 Å². The Morgan fingerprint density at radius 1 is 1.37 bits per heavy atom. The van der Waals surface area contributed by atoms with Crippen molar-refractivity contribution in [3.63, 3.8) is 0 Å². The summed E-state index contributed by atoms with van der Waals surface area (Å²) >= 11 is 1.86. The molecule has 5 heteroatoms. The summed E-state index contributed by atoms with van der Waals surface area (Å²) < 4.78 is 5.38. The van der Waals surface area contributed by atoms with Gasteiger partial charge in [0.2, 0.25) is 5.89 Å². The van der Waals surface area contributed by atoms with Crippen molar-refractivity contribution in [3.05, 3.63) is 11.7 Å². The van der Waals surface area contributed by atoms with Crippen LogP contribution in [0.4, 0.5) is 0 Å². The summed E-state index contributed by atoms with van der Waals surface area (Å²) in [6, 6.07) is 0. The van der Waals surface area contributed by atoms with Gasteiger partial charge in [0.25, 0.3) is 0 Å². The summed E-state index contributed by atoms with van der Waals surface area (Å²) in [5, 5.41) is 4.69. The normalized spacial score (nSPS) is 15.5. The lowest BCUT2D eigenvalue weighted by Gasteiger charge is -2.22. The fourth-order valence-electron chi connectivity index (χ4n) is 1.84. The van der Waals surface area contributed by atoms with Gasteiger partial charge in [-0.2, -0.15) is 16.7 Å². The lowest BCUT2D eigenvalue weighted by atomic mass is 9.84.